The first-order valence-corrected chi connectivity index (χ1v) is 6.53. The molecule has 0 unspecified atom stereocenters. The van der Waals surface area contributed by atoms with Crippen LogP contribution in [0.25, 0.3) is 0 Å². The maximum absolute atomic E-state index is 12.2. The van der Waals surface area contributed by atoms with Crippen molar-refractivity contribution < 1.29 is 9.72 Å². The van der Waals surface area contributed by atoms with Crippen molar-refractivity contribution in [2.24, 2.45) is 0 Å². The second-order valence-corrected chi connectivity index (χ2v) is 4.75. The van der Waals surface area contributed by atoms with Crippen molar-refractivity contribution in [3.8, 4) is 0 Å². The van der Waals surface area contributed by atoms with Crippen LogP contribution in [0.3, 0.4) is 0 Å². The molecule has 7 nitrogen and oxygen atoms in total. The molecule has 0 aliphatic heterocycles. The van der Waals surface area contributed by atoms with Crippen LogP contribution in [-0.4, -0.2) is 20.6 Å². The van der Waals surface area contributed by atoms with E-state index in [-0.39, 0.29) is 17.6 Å². The second-order valence-electron chi connectivity index (χ2n) is 4.75. The molecular weight excluding hydrogens is 272 g/mol. The molecule has 2 aromatic rings. The Balaban J connectivity index is 2.03. The van der Waals surface area contributed by atoms with E-state index in [0.717, 1.165) is 11.8 Å². The Morgan fingerprint density at radius 1 is 1.33 bits per heavy atom. The minimum absolute atomic E-state index is 0.134. The topological polar surface area (TPSA) is 90.1 Å². The molecule has 0 saturated carbocycles. The lowest BCUT2D eigenvalue weighted by Crippen LogP contribution is -2.33. The number of amides is 1. The van der Waals surface area contributed by atoms with E-state index in [9.17, 15) is 14.9 Å². The number of nitrogens with zero attached hydrogens (tertiary/aromatic N) is 3. The summed E-state index contributed by atoms with van der Waals surface area (Å²) in [6, 6.07) is 8.79. The molecule has 0 aliphatic carbocycles. The van der Waals surface area contributed by atoms with Crippen LogP contribution in [0.2, 0.25) is 0 Å². The molecule has 0 bridgehead atoms. The van der Waals surface area contributed by atoms with Crippen LogP contribution in [-0.2, 0) is 4.79 Å². The first-order valence-electron chi connectivity index (χ1n) is 6.53. The fraction of sp³-hybridized carbons (Fsp3) is 0.286. The number of hydrogen-bond acceptors (Lipinski definition) is 4. The molecule has 1 amide bonds. The predicted octanol–water partition coefficient (Wildman–Crippen LogP) is 2.23. The van der Waals surface area contributed by atoms with Crippen LogP contribution in [0.4, 0.5) is 5.69 Å². The van der Waals surface area contributed by atoms with Gasteiger partial charge in [-0.05, 0) is 19.4 Å². The van der Waals surface area contributed by atoms with Gasteiger partial charge < -0.3 is 5.32 Å². The number of nitrogens with one attached hydrogen (secondary N) is 1. The summed E-state index contributed by atoms with van der Waals surface area (Å²) in [7, 11) is 0. The summed E-state index contributed by atoms with van der Waals surface area (Å²) < 4.78 is 1.28. The van der Waals surface area contributed by atoms with Crippen molar-refractivity contribution in [3.05, 3.63) is 58.4 Å². The highest BCUT2D eigenvalue weighted by molar-refractivity contribution is 5.80. The summed E-state index contributed by atoms with van der Waals surface area (Å²) in [5.41, 5.74) is 0.857. The molecular formula is C14H16N4O3. The molecule has 2 rings (SSSR count). The molecule has 2 atom stereocenters. The third kappa shape index (κ3) is 3.44. The van der Waals surface area contributed by atoms with E-state index in [0.29, 0.717) is 0 Å². The normalized spacial score (nSPS) is 13.4. The first-order chi connectivity index (χ1) is 9.99. The van der Waals surface area contributed by atoms with Crippen LogP contribution < -0.4 is 5.32 Å². The lowest BCUT2D eigenvalue weighted by atomic mass is 10.1. The van der Waals surface area contributed by atoms with E-state index in [1.54, 1.807) is 6.92 Å². The first kappa shape index (κ1) is 14.7. The number of aromatic nitrogens is 2. The van der Waals surface area contributed by atoms with Gasteiger partial charge in [0.1, 0.15) is 18.4 Å². The van der Waals surface area contributed by atoms with Crippen LogP contribution in [0, 0.1) is 10.1 Å². The molecule has 0 fully saturated rings. The van der Waals surface area contributed by atoms with Gasteiger partial charge in [-0.15, -0.1) is 0 Å². The summed E-state index contributed by atoms with van der Waals surface area (Å²) in [6.45, 7) is 3.52. The van der Waals surface area contributed by atoms with Crippen molar-refractivity contribution in [3.63, 3.8) is 0 Å². The van der Waals surface area contributed by atoms with Crippen molar-refractivity contribution >= 4 is 11.6 Å². The number of carbonyl (C=O) groups is 1. The number of benzene rings is 1. The summed E-state index contributed by atoms with van der Waals surface area (Å²) >= 11 is 0. The van der Waals surface area contributed by atoms with Crippen LogP contribution in [0.5, 0.6) is 0 Å². The molecule has 7 heteroatoms. The lowest BCUT2D eigenvalue weighted by molar-refractivity contribution is -0.385. The highest BCUT2D eigenvalue weighted by Crippen LogP contribution is 2.16. The minimum Gasteiger partial charge on any atom is -0.348 e. The van der Waals surface area contributed by atoms with Gasteiger partial charge in [0.2, 0.25) is 5.91 Å². The maximum atomic E-state index is 12.2. The Kier molecular flexibility index (Phi) is 4.32. The summed E-state index contributed by atoms with van der Waals surface area (Å²) in [5, 5.41) is 17.3. The van der Waals surface area contributed by atoms with Gasteiger partial charge in [-0.1, -0.05) is 30.3 Å². The molecule has 1 heterocycles. The third-order valence-electron chi connectivity index (χ3n) is 3.23. The Morgan fingerprint density at radius 2 is 2.00 bits per heavy atom. The van der Waals surface area contributed by atoms with Crippen LogP contribution in [0.15, 0.2) is 42.7 Å². The Bertz CT molecular complexity index is 639. The molecule has 1 aromatic carbocycles. The van der Waals surface area contributed by atoms with Gasteiger partial charge in [0.05, 0.1) is 11.0 Å². The van der Waals surface area contributed by atoms with E-state index in [1.807, 2.05) is 37.3 Å². The van der Waals surface area contributed by atoms with Crippen LogP contribution in [0.1, 0.15) is 31.5 Å². The van der Waals surface area contributed by atoms with E-state index < -0.39 is 11.0 Å². The van der Waals surface area contributed by atoms with E-state index >= 15 is 0 Å². The zero-order valence-corrected chi connectivity index (χ0v) is 11.8. The molecule has 1 N–H and O–H groups in total. The number of hydrogen-bond donors (Lipinski definition) is 1. The molecule has 0 radical (unpaired) electrons. The van der Waals surface area contributed by atoms with Crippen molar-refractivity contribution in [2.45, 2.75) is 25.9 Å². The molecule has 0 spiro atoms. The number of carbonyl (C=O) groups excluding carboxylic acids is 1. The Morgan fingerprint density at radius 3 is 2.57 bits per heavy atom. The van der Waals surface area contributed by atoms with E-state index in [2.05, 4.69) is 10.4 Å². The Hall–Kier alpha value is -2.70. The fourth-order valence-corrected chi connectivity index (χ4v) is 1.91. The maximum Gasteiger partial charge on any atom is 0.307 e. The summed E-state index contributed by atoms with van der Waals surface area (Å²) in [4.78, 5) is 22.2. The Labute approximate surface area is 121 Å². The monoisotopic (exact) mass is 288 g/mol. The second kappa shape index (κ2) is 6.17. The van der Waals surface area contributed by atoms with Crippen molar-refractivity contribution in [1.29, 1.82) is 0 Å². The van der Waals surface area contributed by atoms with Crippen LogP contribution >= 0.6 is 0 Å². The van der Waals surface area contributed by atoms with Gasteiger partial charge in [0, 0.05) is 0 Å². The average molecular weight is 288 g/mol. The summed E-state index contributed by atoms with van der Waals surface area (Å²) in [5.74, 6) is -0.246. The smallest absolute Gasteiger partial charge is 0.307 e. The molecule has 1 aromatic heterocycles. The van der Waals surface area contributed by atoms with Crippen molar-refractivity contribution in [2.75, 3.05) is 0 Å². The number of rotatable bonds is 5. The fourth-order valence-electron chi connectivity index (χ4n) is 1.91. The predicted molar refractivity (Wildman–Crippen MR) is 76.6 cm³/mol. The molecule has 110 valence electrons. The van der Waals surface area contributed by atoms with E-state index in [1.165, 1.54) is 10.9 Å². The zero-order valence-electron chi connectivity index (χ0n) is 11.8. The average Bonchev–Trinajstić information content (AvgIpc) is 2.97. The third-order valence-corrected chi connectivity index (χ3v) is 3.23. The molecule has 0 aliphatic rings. The lowest BCUT2D eigenvalue weighted by Gasteiger charge is -2.18. The van der Waals surface area contributed by atoms with Gasteiger partial charge >= 0.3 is 5.69 Å². The van der Waals surface area contributed by atoms with Gasteiger partial charge in [0.15, 0.2) is 0 Å². The van der Waals surface area contributed by atoms with Gasteiger partial charge in [-0.25, -0.2) is 0 Å². The minimum atomic E-state index is -0.620. The SMILES string of the molecule is C[C@H](C(=O)N[C@H](C)c1ccccc1)n1cc([N+](=O)[O-])cn1. The van der Waals surface area contributed by atoms with Gasteiger partial charge in [-0.3, -0.25) is 19.6 Å². The highest BCUT2D eigenvalue weighted by atomic mass is 16.6. The van der Waals surface area contributed by atoms with Gasteiger partial charge in [-0.2, -0.15) is 5.10 Å². The van der Waals surface area contributed by atoms with Gasteiger partial charge in [0.25, 0.3) is 0 Å². The molecule has 0 saturated heterocycles. The standard InChI is InChI=1S/C14H16N4O3/c1-10(12-6-4-3-5-7-12)16-14(19)11(2)17-9-13(8-15-17)18(20)21/h3-11H,1-2H3,(H,16,19)/t10-,11-/m1/s1. The highest BCUT2D eigenvalue weighted by Gasteiger charge is 2.20. The summed E-state index contributed by atoms with van der Waals surface area (Å²) in [6.07, 6.45) is 2.38. The zero-order chi connectivity index (χ0) is 15.4. The number of nitro groups is 1. The quantitative estimate of drug-likeness (QED) is 0.674. The molecule has 21 heavy (non-hydrogen) atoms. The largest absolute Gasteiger partial charge is 0.348 e. The van der Waals surface area contributed by atoms with Crippen molar-refractivity contribution in [1.82, 2.24) is 15.1 Å². The van der Waals surface area contributed by atoms with E-state index in [4.69, 9.17) is 0 Å².